The van der Waals surface area contributed by atoms with Gasteiger partial charge in [0.25, 0.3) is 5.56 Å². The molecule has 1 saturated carbocycles. The smallest absolute Gasteiger partial charge is 0.263 e. The molecule has 2 aromatic heterocycles. The second kappa shape index (κ2) is 10.6. The van der Waals surface area contributed by atoms with Crippen molar-refractivity contribution in [3.63, 3.8) is 0 Å². The zero-order valence-electron chi connectivity index (χ0n) is 20.9. The van der Waals surface area contributed by atoms with E-state index in [-0.39, 0.29) is 17.0 Å². The molecular formula is C24H32N7O4S-. The summed E-state index contributed by atoms with van der Waals surface area (Å²) in [5.41, 5.74) is 8.08. The zero-order valence-corrected chi connectivity index (χ0v) is 21.7. The van der Waals surface area contributed by atoms with Crippen LogP contribution < -0.4 is 21.5 Å². The molecule has 194 valence electrons. The summed E-state index contributed by atoms with van der Waals surface area (Å²) in [6.07, 6.45) is 9.13. The van der Waals surface area contributed by atoms with Crippen LogP contribution in [0, 0.1) is 0 Å². The fourth-order valence-corrected chi connectivity index (χ4v) is 4.55. The Morgan fingerprint density at radius 2 is 2.11 bits per heavy atom. The summed E-state index contributed by atoms with van der Waals surface area (Å²) in [4.78, 5) is 23.9. The Labute approximate surface area is 212 Å². The first-order chi connectivity index (χ1) is 17.1. The van der Waals surface area contributed by atoms with E-state index in [4.69, 9.17) is 18.6 Å². The van der Waals surface area contributed by atoms with Crippen LogP contribution in [0.3, 0.4) is 0 Å². The lowest BCUT2D eigenvalue weighted by Gasteiger charge is -2.23. The first-order valence-corrected chi connectivity index (χ1v) is 12.9. The lowest BCUT2D eigenvalue weighted by Crippen LogP contribution is -2.29. The van der Waals surface area contributed by atoms with Gasteiger partial charge in [0, 0.05) is 41.7 Å². The molecule has 1 aliphatic carbocycles. The number of nitrogens with one attached hydrogen (secondary N) is 2. The van der Waals surface area contributed by atoms with Crippen molar-refractivity contribution in [2.24, 2.45) is 12.2 Å². The largest absolute Gasteiger partial charge is 0.760 e. The Hall–Kier alpha value is -2.90. The molecule has 0 saturated heterocycles. The zero-order chi connectivity index (χ0) is 26.0. The van der Waals surface area contributed by atoms with E-state index < -0.39 is 11.3 Å². The number of anilines is 1. The van der Waals surface area contributed by atoms with E-state index in [1.165, 1.54) is 18.2 Å². The number of rotatable bonds is 6. The number of nitrogens with two attached hydrogens (primary N) is 1. The average molecular weight is 515 g/mol. The van der Waals surface area contributed by atoms with Crippen molar-refractivity contribution in [1.29, 1.82) is 0 Å². The van der Waals surface area contributed by atoms with Gasteiger partial charge in [-0.1, -0.05) is 13.0 Å². The number of aryl methyl sites for hydroxylation is 1. The summed E-state index contributed by atoms with van der Waals surface area (Å²) < 4.78 is 20.9. The minimum absolute atomic E-state index is 0.0756. The first-order valence-electron chi connectivity index (χ1n) is 11.7. The first kappa shape index (κ1) is 26.2. The Kier molecular flexibility index (Phi) is 7.71. The molecule has 5 rings (SSSR count). The molecule has 0 radical (unpaired) electrons. The highest BCUT2D eigenvalue weighted by molar-refractivity contribution is 7.76. The van der Waals surface area contributed by atoms with Crippen molar-refractivity contribution in [3.05, 3.63) is 57.6 Å². The van der Waals surface area contributed by atoms with Crippen LogP contribution in [0.25, 0.3) is 16.5 Å². The van der Waals surface area contributed by atoms with E-state index in [0.29, 0.717) is 17.9 Å². The van der Waals surface area contributed by atoms with Crippen LogP contribution in [0.5, 0.6) is 0 Å². The Morgan fingerprint density at radius 1 is 1.39 bits per heavy atom. The maximum absolute atomic E-state index is 13.8. The van der Waals surface area contributed by atoms with Gasteiger partial charge < -0.3 is 9.87 Å². The van der Waals surface area contributed by atoms with Crippen molar-refractivity contribution >= 4 is 33.7 Å². The highest BCUT2D eigenvalue weighted by Crippen LogP contribution is 2.49. The van der Waals surface area contributed by atoms with Crippen LogP contribution in [0.2, 0.25) is 0 Å². The lowest BCUT2D eigenvalue weighted by atomic mass is 9.89. The number of aromatic nitrogens is 4. The van der Waals surface area contributed by atoms with Crippen molar-refractivity contribution in [2.75, 3.05) is 19.1 Å². The maximum Gasteiger partial charge on any atom is 0.263 e. The highest BCUT2D eigenvalue weighted by atomic mass is 32.2. The molecule has 3 aromatic rings. The number of hydrogen-bond donors (Lipinski definition) is 3. The molecule has 3 heterocycles. The summed E-state index contributed by atoms with van der Waals surface area (Å²) in [6, 6.07) is 4.60. The molecule has 0 amide bonds. The molecule has 1 unspecified atom stereocenters. The molecule has 12 heteroatoms. The molecule has 1 aliphatic heterocycles. The Morgan fingerprint density at radius 3 is 2.69 bits per heavy atom. The van der Waals surface area contributed by atoms with Crippen LogP contribution in [-0.4, -0.2) is 47.8 Å². The van der Waals surface area contributed by atoms with Crippen molar-refractivity contribution in [2.45, 2.75) is 51.1 Å². The predicted octanol–water partition coefficient (Wildman–Crippen LogP) is 1.71. The van der Waals surface area contributed by atoms with Gasteiger partial charge in [-0.2, -0.15) is 5.10 Å². The minimum atomic E-state index is -2.36. The lowest BCUT2D eigenvalue weighted by molar-refractivity contribution is 0.264. The maximum atomic E-state index is 13.8. The summed E-state index contributed by atoms with van der Waals surface area (Å²) in [5, 5.41) is 12.4. The Balaban J connectivity index is 0.000000709. The van der Waals surface area contributed by atoms with Gasteiger partial charge in [-0.15, -0.1) is 0 Å². The van der Waals surface area contributed by atoms with Crippen LogP contribution in [-0.2, 0) is 35.1 Å². The van der Waals surface area contributed by atoms with Gasteiger partial charge in [-0.3, -0.25) is 28.2 Å². The van der Waals surface area contributed by atoms with Crippen LogP contribution in [0.15, 0.2) is 35.4 Å². The summed E-state index contributed by atoms with van der Waals surface area (Å²) >= 11 is -2.36. The van der Waals surface area contributed by atoms with E-state index in [9.17, 15) is 4.79 Å². The monoisotopic (exact) mass is 514 g/mol. The summed E-state index contributed by atoms with van der Waals surface area (Å²) in [5.74, 6) is 0.392. The van der Waals surface area contributed by atoms with Crippen LogP contribution >= 0.6 is 0 Å². The quantitative estimate of drug-likeness (QED) is 0.332. The Bertz CT molecular complexity index is 1370. The normalized spacial score (nSPS) is 19.3. The van der Waals surface area contributed by atoms with Gasteiger partial charge in [0.1, 0.15) is 0 Å². The van der Waals surface area contributed by atoms with Crippen molar-refractivity contribution in [1.82, 2.24) is 24.6 Å². The second-order valence-electron chi connectivity index (χ2n) is 9.58. The third kappa shape index (κ3) is 5.73. The molecule has 36 heavy (non-hydrogen) atoms. The van der Waals surface area contributed by atoms with E-state index >= 15 is 0 Å². The SMILES string of the molecule is CONc1nc2c(C3=C[C@@H](C)NCC3)cc(C3(C)CC3)cc2c(=O)n1Cc1cnn(C)c1.NS(=O)[O-]. The number of fused-ring (bicyclic) bond motifs is 1. The molecule has 4 N–H and O–H groups in total. The molecule has 2 atom stereocenters. The molecule has 11 nitrogen and oxygen atoms in total. The van der Waals surface area contributed by atoms with E-state index in [0.717, 1.165) is 42.5 Å². The molecule has 1 fully saturated rings. The number of benzene rings is 1. The second-order valence-corrected chi connectivity index (χ2v) is 10.1. The fourth-order valence-electron chi connectivity index (χ4n) is 4.55. The minimum Gasteiger partial charge on any atom is -0.760 e. The molecule has 2 aliphatic rings. The van der Waals surface area contributed by atoms with Gasteiger partial charge in [-0.05, 0) is 61.4 Å². The number of hydrogen-bond acceptors (Lipinski definition) is 8. The molecular weight excluding hydrogens is 482 g/mol. The fraction of sp³-hybridized carbons (Fsp3) is 0.458. The van der Waals surface area contributed by atoms with Gasteiger partial charge in [0.2, 0.25) is 5.95 Å². The molecule has 0 spiro atoms. The van der Waals surface area contributed by atoms with Gasteiger partial charge >= 0.3 is 0 Å². The standard InChI is InChI=1S/C24H30N6O2.H3NO2S/c1-15-9-17(5-8-25-15)19-10-18(24(2)6-7-24)11-20-21(19)27-23(28-32-4)30(22(20)31)14-16-12-26-29(3)13-16;1-4(2)3/h9-13,15,25H,5-8,14H2,1-4H3,(H,27,28);1H2,(H,2,3)/p-1/t15-;/m1./s1. The van der Waals surface area contributed by atoms with Gasteiger partial charge in [-0.25, -0.2) is 10.5 Å². The van der Waals surface area contributed by atoms with Gasteiger partial charge in [0.05, 0.1) is 30.8 Å². The van der Waals surface area contributed by atoms with Crippen molar-refractivity contribution < 1.29 is 13.6 Å². The third-order valence-corrected chi connectivity index (χ3v) is 6.71. The van der Waals surface area contributed by atoms with E-state index in [1.807, 2.05) is 13.2 Å². The topological polar surface area (TPSA) is 152 Å². The summed E-state index contributed by atoms with van der Waals surface area (Å²) in [6.45, 7) is 5.71. The highest BCUT2D eigenvalue weighted by Gasteiger charge is 2.40. The third-order valence-electron chi connectivity index (χ3n) is 6.71. The van der Waals surface area contributed by atoms with Gasteiger partial charge in [0.15, 0.2) is 0 Å². The summed E-state index contributed by atoms with van der Waals surface area (Å²) in [7, 11) is 3.39. The van der Waals surface area contributed by atoms with Crippen molar-refractivity contribution in [3.8, 4) is 0 Å². The average Bonchev–Trinajstić information content (AvgIpc) is 3.44. The molecule has 1 aromatic carbocycles. The van der Waals surface area contributed by atoms with E-state index in [1.54, 1.807) is 15.4 Å². The van der Waals surface area contributed by atoms with Crippen LogP contribution in [0.4, 0.5) is 5.95 Å². The predicted molar refractivity (Wildman–Crippen MR) is 139 cm³/mol. The number of nitrogens with zero attached hydrogens (tertiary/aromatic N) is 4. The van der Waals surface area contributed by atoms with Crippen LogP contribution in [0.1, 0.15) is 49.8 Å². The molecule has 0 bridgehead atoms. The van der Waals surface area contributed by atoms with E-state index in [2.05, 4.69) is 53.1 Å².